The molecule has 1 N–H and O–H groups in total. The van der Waals surface area contributed by atoms with Crippen LogP contribution < -0.4 is 0 Å². The number of hydrogen-bond donors (Lipinski definition) is 1. The van der Waals surface area contributed by atoms with Crippen LogP contribution in [0, 0.1) is 5.41 Å². The van der Waals surface area contributed by atoms with E-state index >= 15 is 0 Å². The van der Waals surface area contributed by atoms with Crippen molar-refractivity contribution in [3.63, 3.8) is 0 Å². The van der Waals surface area contributed by atoms with Gasteiger partial charge in [-0.3, -0.25) is 14.9 Å². The Morgan fingerprint density at radius 1 is 1.32 bits per heavy atom. The summed E-state index contributed by atoms with van der Waals surface area (Å²) < 4.78 is 0. The number of carbonyl (C=O) groups excluding carboxylic acids is 1. The molecule has 1 aliphatic rings. The van der Waals surface area contributed by atoms with E-state index in [1.54, 1.807) is 12.4 Å². The smallest absolute Gasteiger partial charge is 0.228 e. The van der Waals surface area contributed by atoms with Crippen LogP contribution in [0.5, 0.6) is 0 Å². The van der Waals surface area contributed by atoms with E-state index in [0.29, 0.717) is 5.82 Å². The van der Waals surface area contributed by atoms with Gasteiger partial charge in [-0.1, -0.05) is 20.8 Å². The van der Waals surface area contributed by atoms with E-state index in [9.17, 15) is 4.79 Å². The zero-order valence-electron chi connectivity index (χ0n) is 13.2. The number of carbonyl (C=O) groups is 1. The van der Waals surface area contributed by atoms with Crippen LogP contribution in [-0.2, 0) is 4.79 Å². The maximum Gasteiger partial charge on any atom is 0.228 e. The van der Waals surface area contributed by atoms with E-state index in [-0.39, 0.29) is 17.4 Å². The van der Waals surface area contributed by atoms with Gasteiger partial charge in [-0.05, 0) is 25.0 Å². The minimum atomic E-state index is -0.378. The topological polar surface area (TPSA) is 74.8 Å². The van der Waals surface area contributed by atoms with Gasteiger partial charge in [0.1, 0.15) is 5.82 Å². The second kappa shape index (κ2) is 5.51. The molecular formula is C16H21N5O. The summed E-state index contributed by atoms with van der Waals surface area (Å²) in [6, 6.07) is 3.74. The summed E-state index contributed by atoms with van der Waals surface area (Å²) in [5.41, 5.74) is 0.542. The molecule has 2 aromatic heterocycles. The number of H-pyrrole nitrogens is 1. The number of aromatic amines is 1. The predicted molar refractivity (Wildman–Crippen MR) is 82.8 cm³/mol. The molecule has 1 atom stereocenters. The van der Waals surface area contributed by atoms with Gasteiger partial charge < -0.3 is 4.90 Å². The zero-order valence-corrected chi connectivity index (χ0v) is 13.2. The average molecular weight is 299 g/mol. The maximum atomic E-state index is 12.6. The van der Waals surface area contributed by atoms with Crippen molar-refractivity contribution in [1.29, 1.82) is 0 Å². The van der Waals surface area contributed by atoms with Crippen molar-refractivity contribution in [2.45, 2.75) is 39.7 Å². The summed E-state index contributed by atoms with van der Waals surface area (Å²) >= 11 is 0. The standard InChI is InChI=1S/C16H21N5O/c1-16(2,3)15(22)21-10-4-5-12(21)14-18-13(19-20-14)11-6-8-17-9-7-11/h6-9,12H,4-5,10H2,1-3H3,(H,18,19,20). The number of hydrogen-bond acceptors (Lipinski definition) is 4. The first kappa shape index (κ1) is 14.7. The molecule has 6 heteroatoms. The van der Waals surface area contributed by atoms with E-state index in [0.717, 1.165) is 30.8 Å². The van der Waals surface area contributed by atoms with Gasteiger partial charge >= 0.3 is 0 Å². The van der Waals surface area contributed by atoms with Crippen LogP contribution >= 0.6 is 0 Å². The van der Waals surface area contributed by atoms with E-state index in [2.05, 4.69) is 20.2 Å². The third kappa shape index (κ3) is 2.73. The summed E-state index contributed by atoms with van der Waals surface area (Å²) in [7, 11) is 0. The number of aromatic nitrogens is 4. The molecule has 0 spiro atoms. The van der Waals surface area contributed by atoms with Crippen LogP contribution in [0.2, 0.25) is 0 Å². The average Bonchev–Trinajstić information content (AvgIpc) is 3.15. The fourth-order valence-electron chi connectivity index (χ4n) is 2.78. The summed E-state index contributed by atoms with van der Waals surface area (Å²) in [5, 5.41) is 7.29. The Labute approximate surface area is 130 Å². The molecule has 3 rings (SSSR count). The Morgan fingerprint density at radius 2 is 2.05 bits per heavy atom. The second-order valence-corrected chi connectivity index (χ2v) is 6.69. The number of rotatable bonds is 2. The van der Waals surface area contributed by atoms with Crippen LogP contribution in [0.15, 0.2) is 24.5 Å². The third-order valence-corrected chi connectivity index (χ3v) is 3.91. The van der Waals surface area contributed by atoms with Crippen LogP contribution in [-0.4, -0.2) is 37.5 Å². The Balaban J connectivity index is 1.85. The molecule has 22 heavy (non-hydrogen) atoms. The first-order valence-corrected chi connectivity index (χ1v) is 7.60. The van der Waals surface area contributed by atoms with Gasteiger partial charge in [0, 0.05) is 29.9 Å². The maximum absolute atomic E-state index is 12.6. The summed E-state index contributed by atoms with van der Waals surface area (Å²) in [6.45, 7) is 6.64. The van der Waals surface area contributed by atoms with Gasteiger partial charge in [-0.25, -0.2) is 4.98 Å². The molecule has 1 aliphatic heterocycles. The molecule has 0 radical (unpaired) electrons. The predicted octanol–water partition coefficient (Wildman–Crippen LogP) is 2.58. The van der Waals surface area contributed by atoms with Crippen molar-refractivity contribution in [2.24, 2.45) is 5.41 Å². The van der Waals surface area contributed by atoms with Gasteiger partial charge in [-0.2, -0.15) is 5.10 Å². The number of amides is 1. The molecule has 1 fully saturated rings. The first-order valence-electron chi connectivity index (χ1n) is 7.60. The van der Waals surface area contributed by atoms with Gasteiger partial charge in [0.15, 0.2) is 5.82 Å². The van der Waals surface area contributed by atoms with Crippen molar-refractivity contribution in [2.75, 3.05) is 6.54 Å². The van der Waals surface area contributed by atoms with Crippen LogP contribution in [0.3, 0.4) is 0 Å². The molecule has 0 bridgehead atoms. The molecule has 1 unspecified atom stereocenters. The van der Waals surface area contributed by atoms with E-state index in [4.69, 9.17) is 0 Å². The lowest BCUT2D eigenvalue weighted by atomic mass is 9.94. The molecule has 3 heterocycles. The highest BCUT2D eigenvalue weighted by Gasteiger charge is 2.37. The first-order chi connectivity index (χ1) is 10.5. The van der Waals surface area contributed by atoms with Gasteiger partial charge in [-0.15, -0.1) is 0 Å². The van der Waals surface area contributed by atoms with Crippen LogP contribution in [0.1, 0.15) is 45.5 Å². The Bertz CT molecular complexity index is 659. The van der Waals surface area contributed by atoms with E-state index < -0.39 is 0 Å². The molecule has 2 aromatic rings. The van der Waals surface area contributed by atoms with Crippen molar-refractivity contribution in [3.8, 4) is 11.4 Å². The second-order valence-electron chi connectivity index (χ2n) is 6.69. The molecule has 6 nitrogen and oxygen atoms in total. The highest BCUT2D eigenvalue weighted by molar-refractivity contribution is 5.82. The van der Waals surface area contributed by atoms with Gasteiger partial charge in [0.25, 0.3) is 0 Å². The third-order valence-electron chi connectivity index (χ3n) is 3.91. The number of nitrogens with one attached hydrogen (secondary N) is 1. The van der Waals surface area contributed by atoms with Gasteiger partial charge in [0.2, 0.25) is 5.91 Å². The molecule has 0 aliphatic carbocycles. The van der Waals surface area contributed by atoms with Crippen molar-refractivity contribution < 1.29 is 4.79 Å². The fourth-order valence-corrected chi connectivity index (χ4v) is 2.78. The van der Waals surface area contributed by atoms with Crippen LogP contribution in [0.25, 0.3) is 11.4 Å². The Hall–Kier alpha value is -2.24. The largest absolute Gasteiger partial charge is 0.332 e. The monoisotopic (exact) mass is 299 g/mol. The summed E-state index contributed by atoms with van der Waals surface area (Å²) in [6.07, 6.45) is 5.36. The van der Waals surface area contributed by atoms with Crippen molar-refractivity contribution in [1.82, 2.24) is 25.1 Å². The van der Waals surface area contributed by atoms with E-state index in [1.165, 1.54) is 0 Å². The highest BCUT2D eigenvalue weighted by Crippen LogP contribution is 2.34. The van der Waals surface area contributed by atoms with Gasteiger partial charge in [0.05, 0.1) is 6.04 Å². The Kier molecular flexibility index (Phi) is 3.68. The van der Waals surface area contributed by atoms with Crippen molar-refractivity contribution in [3.05, 3.63) is 30.4 Å². The molecule has 1 saturated heterocycles. The molecule has 116 valence electrons. The number of pyridine rings is 1. The molecular weight excluding hydrogens is 278 g/mol. The lowest BCUT2D eigenvalue weighted by Crippen LogP contribution is -2.39. The fraction of sp³-hybridized carbons (Fsp3) is 0.500. The molecule has 0 saturated carbocycles. The number of likely N-dealkylation sites (tertiary alicyclic amines) is 1. The minimum absolute atomic E-state index is 0.00480. The minimum Gasteiger partial charge on any atom is -0.332 e. The van der Waals surface area contributed by atoms with Crippen LogP contribution in [0.4, 0.5) is 0 Å². The SMILES string of the molecule is CC(C)(C)C(=O)N1CCCC1c1nc(-c2ccncc2)n[nH]1. The lowest BCUT2D eigenvalue weighted by Gasteiger charge is -2.29. The highest BCUT2D eigenvalue weighted by atomic mass is 16.2. The normalized spacial score (nSPS) is 18.7. The molecule has 0 aromatic carbocycles. The quantitative estimate of drug-likeness (QED) is 0.925. The Morgan fingerprint density at radius 3 is 2.73 bits per heavy atom. The lowest BCUT2D eigenvalue weighted by molar-refractivity contribution is -0.140. The van der Waals surface area contributed by atoms with Crippen molar-refractivity contribution >= 4 is 5.91 Å². The number of nitrogens with zero attached hydrogens (tertiary/aromatic N) is 4. The molecule has 1 amide bonds. The summed E-state index contributed by atoms with van der Waals surface area (Å²) in [5.74, 6) is 1.58. The summed E-state index contributed by atoms with van der Waals surface area (Å²) in [4.78, 5) is 23.1. The van der Waals surface area contributed by atoms with E-state index in [1.807, 2.05) is 37.8 Å². The zero-order chi connectivity index (χ0) is 15.7.